The van der Waals surface area contributed by atoms with Crippen LogP contribution in [0.5, 0.6) is 11.5 Å². The zero-order chi connectivity index (χ0) is 21.6. The maximum Gasteiger partial charge on any atom is 0.274 e. The Morgan fingerprint density at radius 1 is 1.03 bits per heavy atom. The van der Waals surface area contributed by atoms with Gasteiger partial charge in [-0.3, -0.25) is 4.79 Å². The zero-order valence-electron chi connectivity index (χ0n) is 16.9. The second-order valence-corrected chi connectivity index (χ2v) is 6.38. The van der Waals surface area contributed by atoms with Gasteiger partial charge in [-0.25, -0.2) is 0 Å². The van der Waals surface area contributed by atoms with Crippen molar-refractivity contribution in [3.05, 3.63) is 72.7 Å². The Bertz CT molecular complexity index is 1180. The molecule has 0 saturated carbocycles. The lowest BCUT2D eigenvalue weighted by atomic mass is 10.2. The van der Waals surface area contributed by atoms with Crippen LogP contribution < -0.4 is 14.8 Å². The van der Waals surface area contributed by atoms with Gasteiger partial charge in [0.1, 0.15) is 23.0 Å². The van der Waals surface area contributed by atoms with Crippen LogP contribution in [-0.4, -0.2) is 40.3 Å². The van der Waals surface area contributed by atoms with E-state index in [0.29, 0.717) is 28.8 Å². The normalized spacial score (nSPS) is 11.2. The summed E-state index contributed by atoms with van der Waals surface area (Å²) in [6, 6.07) is 17.9. The molecule has 0 unspecified atom stereocenters. The number of furan rings is 1. The highest BCUT2D eigenvalue weighted by Crippen LogP contribution is 2.27. The summed E-state index contributed by atoms with van der Waals surface area (Å²) in [5, 5.41) is 14.7. The van der Waals surface area contributed by atoms with Gasteiger partial charge in [0.05, 0.1) is 20.5 Å². The molecular formula is C22H19N5O4. The minimum Gasteiger partial charge on any atom is -0.497 e. The van der Waals surface area contributed by atoms with E-state index in [1.165, 1.54) is 25.2 Å². The number of nitrogens with one attached hydrogen (secondary N) is 1. The largest absolute Gasteiger partial charge is 0.497 e. The average Bonchev–Trinajstić information content (AvgIpc) is 3.49. The molecule has 156 valence electrons. The summed E-state index contributed by atoms with van der Waals surface area (Å²) in [6.07, 6.45) is 3.08. The standard InChI is InChI=1S/C22H19N5O4/c1-29-18-11-16(12-19(13-18)30-2)23-22(28)20(14-17-9-6-10-31-17)27-21(24-25-26-27)15-7-4-3-5-8-15/h3-14H,1-2H3,(H,23,28)/b20-14-. The molecule has 0 spiro atoms. The summed E-state index contributed by atoms with van der Waals surface area (Å²) in [4.78, 5) is 13.3. The number of nitrogens with zero attached hydrogens (tertiary/aromatic N) is 4. The van der Waals surface area contributed by atoms with Crippen LogP contribution in [0.15, 0.2) is 71.3 Å². The van der Waals surface area contributed by atoms with E-state index in [-0.39, 0.29) is 5.70 Å². The Balaban J connectivity index is 1.74. The molecule has 0 aliphatic rings. The van der Waals surface area contributed by atoms with Crippen LogP contribution in [0, 0.1) is 0 Å². The lowest BCUT2D eigenvalue weighted by molar-refractivity contribution is -0.111. The molecule has 0 radical (unpaired) electrons. The summed E-state index contributed by atoms with van der Waals surface area (Å²) < 4.78 is 17.3. The number of methoxy groups -OCH3 is 2. The third kappa shape index (κ3) is 4.45. The van der Waals surface area contributed by atoms with Gasteiger partial charge in [-0.15, -0.1) is 5.10 Å². The lowest BCUT2D eigenvalue weighted by Crippen LogP contribution is -2.19. The number of benzene rings is 2. The van der Waals surface area contributed by atoms with Crippen LogP contribution in [0.25, 0.3) is 23.2 Å². The number of aromatic nitrogens is 4. The Hall–Kier alpha value is -4.40. The molecule has 0 bridgehead atoms. The van der Waals surface area contributed by atoms with Crippen LogP contribution in [-0.2, 0) is 4.79 Å². The molecule has 0 atom stereocenters. The first-order valence-electron chi connectivity index (χ1n) is 9.31. The van der Waals surface area contributed by atoms with Crippen molar-refractivity contribution in [3.8, 4) is 22.9 Å². The highest BCUT2D eigenvalue weighted by molar-refractivity contribution is 6.24. The highest BCUT2D eigenvalue weighted by Gasteiger charge is 2.20. The summed E-state index contributed by atoms with van der Waals surface area (Å²) in [7, 11) is 3.08. The van der Waals surface area contributed by atoms with E-state index in [1.807, 2.05) is 30.3 Å². The quantitative estimate of drug-likeness (QED) is 0.458. The number of anilines is 1. The first-order chi connectivity index (χ1) is 15.2. The van der Waals surface area contributed by atoms with Gasteiger partial charge >= 0.3 is 0 Å². The van der Waals surface area contributed by atoms with Crippen molar-refractivity contribution < 1.29 is 18.7 Å². The molecule has 4 rings (SSSR count). The van der Waals surface area contributed by atoms with Crippen LogP contribution in [0.3, 0.4) is 0 Å². The zero-order valence-corrected chi connectivity index (χ0v) is 16.9. The minimum atomic E-state index is -0.448. The highest BCUT2D eigenvalue weighted by atomic mass is 16.5. The smallest absolute Gasteiger partial charge is 0.274 e. The van der Waals surface area contributed by atoms with Crippen LogP contribution in [0.4, 0.5) is 5.69 Å². The van der Waals surface area contributed by atoms with Crippen molar-refractivity contribution in [2.45, 2.75) is 0 Å². The molecule has 2 aromatic heterocycles. The summed E-state index contributed by atoms with van der Waals surface area (Å²) >= 11 is 0. The molecule has 31 heavy (non-hydrogen) atoms. The summed E-state index contributed by atoms with van der Waals surface area (Å²) in [5.41, 5.74) is 1.41. The second kappa shape index (κ2) is 8.95. The Kier molecular flexibility index (Phi) is 5.75. The fraction of sp³-hybridized carbons (Fsp3) is 0.0909. The van der Waals surface area contributed by atoms with Crippen molar-refractivity contribution in [2.75, 3.05) is 19.5 Å². The van der Waals surface area contributed by atoms with Crippen LogP contribution in [0.2, 0.25) is 0 Å². The van der Waals surface area contributed by atoms with Gasteiger partial charge in [0, 0.05) is 35.5 Å². The average molecular weight is 417 g/mol. The van der Waals surface area contributed by atoms with Crippen LogP contribution >= 0.6 is 0 Å². The minimum absolute atomic E-state index is 0.167. The SMILES string of the molecule is COc1cc(NC(=O)/C(=C/c2ccco2)n2nnnc2-c2ccccc2)cc(OC)c1. The van der Waals surface area contributed by atoms with E-state index >= 15 is 0 Å². The summed E-state index contributed by atoms with van der Waals surface area (Å²) in [6.45, 7) is 0. The molecule has 1 amide bonds. The molecule has 2 heterocycles. The number of carbonyl (C=O) groups excluding carboxylic acids is 1. The summed E-state index contributed by atoms with van der Waals surface area (Å²) in [5.74, 6) is 1.52. The van der Waals surface area contributed by atoms with Gasteiger partial charge in [-0.05, 0) is 22.6 Å². The fourth-order valence-electron chi connectivity index (χ4n) is 2.92. The number of hydrogen-bond acceptors (Lipinski definition) is 7. The number of rotatable bonds is 7. The monoisotopic (exact) mass is 417 g/mol. The number of ether oxygens (including phenoxy) is 2. The third-order valence-corrected chi connectivity index (χ3v) is 4.39. The van der Waals surface area contributed by atoms with Crippen LogP contribution in [0.1, 0.15) is 5.76 Å². The van der Waals surface area contributed by atoms with Crippen molar-refractivity contribution in [2.24, 2.45) is 0 Å². The van der Waals surface area contributed by atoms with E-state index in [2.05, 4.69) is 20.8 Å². The Morgan fingerprint density at radius 2 is 1.77 bits per heavy atom. The molecule has 9 nitrogen and oxygen atoms in total. The fourth-order valence-corrected chi connectivity index (χ4v) is 2.92. The maximum absolute atomic E-state index is 13.3. The molecule has 0 aliphatic carbocycles. The number of amides is 1. The lowest BCUT2D eigenvalue weighted by Gasteiger charge is -2.12. The van der Waals surface area contributed by atoms with E-state index in [9.17, 15) is 4.79 Å². The molecule has 9 heteroatoms. The predicted octanol–water partition coefficient (Wildman–Crippen LogP) is 3.59. The second-order valence-electron chi connectivity index (χ2n) is 6.38. The topological polar surface area (TPSA) is 104 Å². The Labute approximate surface area is 177 Å². The van der Waals surface area contributed by atoms with Gasteiger partial charge in [0.2, 0.25) is 0 Å². The molecule has 4 aromatic rings. The van der Waals surface area contributed by atoms with E-state index in [0.717, 1.165) is 5.56 Å². The predicted molar refractivity (Wildman–Crippen MR) is 114 cm³/mol. The molecule has 1 N–H and O–H groups in total. The third-order valence-electron chi connectivity index (χ3n) is 4.39. The van der Waals surface area contributed by atoms with E-state index in [1.54, 1.807) is 36.4 Å². The van der Waals surface area contributed by atoms with Gasteiger partial charge in [-0.1, -0.05) is 30.3 Å². The first kappa shape index (κ1) is 19.9. The van der Waals surface area contributed by atoms with Crippen molar-refractivity contribution in [3.63, 3.8) is 0 Å². The Morgan fingerprint density at radius 3 is 2.42 bits per heavy atom. The number of carbonyl (C=O) groups is 1. The van der Waals surface area contributed by atoms with Gasteiger partial charge in [0.25, 0.3) is 5.91 Å². The van der Waals surface area contributed by atoms with E-state index < -0.39 is 5.91 Å². The molecule has 0 saturated heterocycles. The van der Waals surface area contributed by atoms with Gasteiger partial charge in [0.15, 0.2) is 5.82 Å². The van der Waals surface area contributed by atoms with Crippen molar-refractivity contribution in [1.82, 2.24) is 20.2 Å². The van der Waals surface area contributed by atoms with Gasteiger partial charge < -0.3 is 19.2 Å². The number of tetrazole rings is 1. The first-order valence-corrected chi connectivity index (χ1v) is 9.31. The molecule has 0 fully saturated rings. The molecular weight excluding hydrogens is 398 g/mol. The van der Waals surface area contributed by atoms with Crippen molar-refractivity contribution >= 4 is 23.4 Å². The van der Waals surface area contributed by atoms with E-state index in [4.69, 9.17) is 13.9 Å². The maximum atomic E-state index is 13.3. The number of hydrogen-bond donors (Lipinski definition) is 1. The molecule has 2 aromatic carbocycles. The van der Waals surface area contributed by atoms with Crippen molar-refractivity contribution in [1.29, 1.82) is 0 Å². The molecule has 0 aliphatic heterocycles. The van der Waals surface area contributed by atoms with Gasteiger partial charge in [-0.2, -0.15) is 4.68 Å².